The summed E-state index contributed by atoms with van der Waals surface area (Å²) < 4.78 is 12.1. The first kappa shape index (κ1) is 19.0. The van der Waals surface area contributed by atoms with E-state index in [0.717, 1.165) is 24.0 Å². The van der Waals surface area contributed by atoms with Crippen LogP contribution in [0.2, 0.25) is 0 Å². The molecule has 7 heteroatoms. The first-order valence-electron chi connectivity index (χ1n) is 9.51. The number of hydrogen-bond donors (Lipinski definition) is 1. The molecule has 1 amide bonds. The van der Waals surface area contributed by atoms with Crippen molar-refractivity contribution in [2.24, 2.45) is 7.05 Å². The van der Waals surface area contributed by atoms with Gasteiger partial charge in [0.05, 0.1) is 37.8 Å². The van der Waals surface area contributed by atoms with Crippen molar-refractivity contribution in [3.8, 4) is 11.5 Å². The normalized spacial score (nSPS) is 15.2. The van der Waals surface area contributed by atoms with Crippen molar-refractivity contribution in [2.75, 3.05) is 14.2 Å². The smallest absolute Gasteiger partial charge is 0.274 e. The second-order valence-electron chi connectivity index (χ2n) is 7.16. The van der Waals surface area contributed by atoms with Crippen molar-refractivity contribution in [1.29, 1.82) is 0 Å². The summed E-state index contributed by atoms with van der Waals surface area (Å²) in [5, 5.41) is 8.70. The number of fused-ring (bicyclic) bond motifs is 2. The summed E-state index contributed by atoms with van der Waals surface area (Å²) in [5.41, 5.74) is 2.62. The molecule has 1 heterocycles. The highest BCUT2D eigenvalue weighted by Gasteiger charge is 2.26. The van der Waals surface area contributed by atoms with Gasteiger partial charge in [0.2, 0.25) is 5.91 Å². The Kier molecular flexibility index (Phi) is 4.96. The van der Waals surface area contributed by atoms with Gasteiger partial charge in [0, 0.05) is 12.4 Å². The van der Waals surface area contributed by atoms with Gasteiger partial charge >= 0.3 is 0 Å². The lowest BCUT2D eigenvalue weighted by molar-refractivity contribution is -0.121. The summed E-state index contributed by atoms with van der Waals surface area (Å²) in [5.74, 6) is 1.21. The molecule has 2 aromatic carbocycles. The van der Waals surface area contributed by atoms with Crippen molar-refractivity contribution in [3.63, 3.8) is 0 Å². The number of aryl methyl sites for hydroxylation is 2. The Bertz CT molecular complexity index is 1150. The van der Waals surface area contributed by atoms with E-state index < -0.39 is 0 Å². The lowest BCUT2D eigenvalue weighted by Gasteiger charge is -2.16. The number of nitrogens with one attached hydrogen (secondary N) is 1. The summed E-state index contributed by atoms with van der Waals surface area (Å²) in [6, 6.07) is 11.1. The Hall–Kier alpha value is -3.35. The van der Waals surface area contributed by atoms with E-state index in [1.54, 1.807) is 27.3 Å². The molecule has 1 aromatic heterocycles. The third kappa shape index (κ3) is 3.44. The third-order valence-electron chi connectivity index (χ3n) is 5.42. The van der Waals surface area contributed by atoms with E-state index in [0.29, 0.717) is 28.0 Å². The van der Waals surface area contributed by atoms with Crippen LogP contribution in [0.25, 0.3) is 10.8 Å². The number of amides is 1. The van der Waals surface area contributed by atoms with Gasteiger partial charge in [-0.25, -0.2) is 4.68 Å². The number of hydrogen-bond acceptors (Lipinski definition) is 5. The summed E-state index contributed by atoms with van der Waals surface area (Å²) in [6.45, 7) is 0. The van der Waals surface area contributed by atoms with Gasteiger partial charge in [0.15, 0.2) is 11.5 Å². The monoisotopic (exact) mass is 393 g/mol. The van der Waals surface area contributed by atoms with E-state index in [-0.39, 0.29) is 23.9 Å². The Morgan fingerprint density at radius 3 is 2.59 bits per heavy atom. The molecular formula is C22H23N3O4. The largest absolute Gasteiger partial charge is 0.493 e. The molecule has 0 bridgehead atoms. The molecule has 0 saturated heterocycles. The molecule has 0 radical (unpaired) electrons. The molecule has 1 aliphatic rings. The van der Waals surface area contributed by atoms with Crippen LogP contribution in [0.1, 0.15) is 29.3 Å². The maximum Gasteiger partial charge on any atom is 0.274 e. The average Bonchev–Trinajstić information content (AvgIpc) is 3.12. The molecule has 1 N–H and O–H groups in total. The van der Waals surface area contributed by atoms with Crippen molar-refractivity contribution in [3.05, 3.63) is 63.6 Å². The molecule has 0 unspecified atom stereocenters. The predicted molar refractivity (Wildman–Crippen MR) is 109 cm³/mol. The van der Waals surface area contributed by atoms with Crippen LogP contribution in [0.3, 0.4) is 0 Å². The van der Waals surface area contributed by atoms with Gasteiger partial charge in [0.1, 0.15) is 0 Å². The van der Waals surface area contributed by atoms with Crippen molar-refractivity contribution in [1.82, 2.24) is 15.1 Å². The van der Waals surface area contributed by atoms with E-state index in [1.165, 1.54) is 4.68 Å². The highest BCUT2D eigenvalue weighted by molar-refractivity contribution is 5.88. The molecule has 150 valence electrons. The van der Waals surface area contributed by atoms with Gasteiger partial charge < -0.3 is 14.8 Å². The third-order valence-corrected chi connectivity index (χ3v) is 5.42. The predicted octanol–water partition coefficient (Wildman–Crippen LogP) is 2.30. The maximum atomic E-state index is 12.8. The fraction of sp³-hybridized carbons (Fsp3) is 0.318. The Balaban J connectivity index is 1.58. The number of ether oxygens (including phenoxy) is 2. The quantitative estimate of drug-likeness (QED) is 0.719. The van der Waals surface area contributed by atoms with Crippen molar-refractivity contribution >= 4 is 16.7 Å². The number of carbonyl (C=O) groups excluding carboxylic acids is 1. The molecule has 7 nitrogen and oxygen atoms in total. The van der Waals surface area contributed by atoms with Crippen LogP contribution in [0.15, 0.2) is 41.2 Å². The summed E-state index contributed by atoms with van der Waals surface area (Å²) in [6.07, 6.45) is 1.79. The van der Waals surface area contributed by atoms with E-state index in [9.17, 15) is 9.59 Å². The number of benzene rings is 2. The number of rotatable bonds is 5. The Labute approximate surface area is 168 Å². The molecule has 0 spiro atoms. The topological polar surface area (TPSA) is 82.4 Å². The maximum absolute atomic E-state index is 12.8. The summed E-state index contributed by atoms with van der Waals surface area (Å²) in [7, 11) is 4.81. The first-order valence-corrected chi connectivity index (χ1v) is 9.51. The fourth-order valence-electron chi connectivity index (χ4n) is 3.99. The average molecular weight is 393 g/mol. The van der Waals surface area contributed by atoms with Gasteiger partial charge in [-0.3, -0.25) is 9.59 Å². The van der Waals surface area contributed by atoms with Crippen LogP contribution in [0.4, 0.5) is 0 Å². The molecular weight excluding hydrogens is 370 g/mol. The van der Waals surface area contributed by atoms with Crippen LogP contribution in [0, 0.1) is 0 Å². The number of methoxy groups -OCH3 is 2. The fourth-order valence-corrected chi connectivity index (χ4v) is 3.99. The van der Waals surface area contributed by atoms with Gasteiger partial charge in [-0.1, -0.05) is 18.2 Å². The standard InChI is InChI=1S/C22H23N3O4/c1-25-22(27)15-7-5-4-6-14(15)18(24-25)12-21(26)23-17-9-8-13-10-19(28-2)20(29-3)11-16(13)17/h4-7,10-11,17H,8-9,12H2,1-3H3,(H,23,26)/t17-/m0/s1. The summed E-state index contributed by atoms with van der Waals surface area (Å²) in [4.78, 5) is 25.1. The zero-order valence-electron chi connectivity index (χ0n) is 16.7. The van der Waals surface area contributed by atoms with Gasteiger partial charge in [-0.2, -0.15) is 5.10 Å². The van der Waals surface area contributed by atoms with Gasteiger partial charge in [0.25, 0.3) is 5.56 Å². The lowest BCUT2D eigenvalue weighted by atomic mass is 10.1. The molecule has 0 fully saturated rings. The minimum absolute atomic E-state index is 0.0869. The van der Waals surface area contributed by atoms with Crippen LogP contribution >= 0.6 is 0 Å². The molecule has 1 aliphatic carbocycles. The van der Waals surface area contributed by atoms with Gasteiger partial charge in [-0.05, 0) is 42.2 Å². The van der Waals surface area contributed by atoms with E-state index in [1.807, 2.05) is 30.3 Å². The zero-order chi connectivity index (χ0) is 20.5. The second-order valence-corrected chi connectivity index (χ2v) is 7.16. The van der Waals surface area contributed by atoms with Crippen LogP contribution < -0.4 is 20.3 Å². The van der Waals surface area contributed by atoms with E-state index in [2.05, 4.69) is 10.4 Å². The van der Waals surface area contributed by atoms with Gasteiger partial charge in [-0.15, -0.1) is 0 Å². The molecule has 29 heavy (non-hydrogen) atoms. The van der Waals surface area contributed by atoms with Crippen LogP contribution in [0.5, 0.6) is 11.5 Å². The molecule has 1 atom stereocenters. The first-order chi connectivity index (χ1) is 14.0. The lowest BCUT2D eigenvalue weighted by Crippen LogP contribution is -2.30. The Morgan fingerprint density at radius 2 is 1.86 bits per heavy atom. The Morgan fingerprint density at radius 1 is 1.17 bits per heavy atom. The minimum Gasteiger partial charge on any atom is -0.493 e. The molecule has 0 saturated carbocycles. The molecule has 3 aromatic rings. The van der Waals surface area contributed by atoms with Crippen LogP contribution in [-0.4, -0.2) is 29.9 Å². The highest BCUT2D eigenvalue weighted by Crippen LogP contribution is 2.39. The molecule has 4 rings (SSSR count). The zero-order valence-corrected chi connectivity index (χ0v) is 16.7. The number of aromatic nitrogens is 2. The SMILES string of the molecule is COc1cc2c(cc1OC)[C@@H](NC(=O)Cc1nn(C)c(=O)c3ccccc13)CC2. The number of nitrogens with zero attached hydrogens (tertiary/aromatic N) is 2. The highest BCUT2D eigenvalue weighted by atomic mass is 16.5. The van der Waals surface area contributed by atoms with E-state index >= 15 is 0 Å². The second kappa shape index (κ2) is 7.58. The minimum atomic E-state index is -0.171. The van der Waals surface area contributed by atoms with Crippen molar-refractivity contribution in [2.45, 2.75) is 25.3 Å². The van der Waals surface area contributed by atoms with Crippen LogP contribution in [-0.2, 0) is 24.7 Å². The molecule has 0 aliphatic heterocycles. The number of carbonyl (C=O) groups is 1. The van der Waals surface area contributed by atoms with Crippen molar-refractivity contribution < 1.29 is 14.3 Å². The van der Waals surface area contributed by atoms with E-state index in [4.69, 9.17) is 9.47 Å². The summed E-state index contributed by atoms with van der Waals surface area (Å²) >= 11 is 0.